The lowest BCUT2D eigenvalue weighted by atomic mass is 9.98. The van der Waals surface area contributed by atoms with Crippen molar-refractivity contribution in [2.45, 2.75) is 25.1 Å². The molecule has 1 heterocycles. The fourth-order valence-electron chi connectivity index (χ4n) is 2.63. The highest BCUT2D eigenvalue weighted by Crippen LogP contribution is 2.34. The summed E-state index contributed by atoms with van der Waals surface area (Å²) in [6.45, 7) is 1.97. The van der Waals surface area contributed by atoms with Crippen LogP contribution in [0.4, 0.5) is 26.3 Å². The molecular weight excluding hydrogens is 346 g/mol. The van der Waals surface area contributed by atoms with Crippen molar-refractivity contribution in [2.75, 3.05) is 26.2 Å². The third kappa shape index (κ3) is 5.54. The lowest BCUT2D eigenvalue weighted by Crippen LogP contribution is -2.45. The van der Waals surface area contributed by atoms with E-state index in [9.17, 15) is 26.3 Å². The molecule has 0 bridgehead atoms. The molecule has 0 unspecified atom stereocenters. The molecule has 1 atom stereocenters. The van der Waals surface area contributed by atoms with Crippen LogP contribution in [-0.2, 0) is 6.18 Å². The van der Waals surface area contributed by atoms with Gasteiger partial charge in [0.15, 0.2) is 0 Å². The summed E-state index contributed by atoms with van der Waals surface area (Å²) in [6.07, 6.45) is -8.02. The average Bonchev–Trinajstić information content (AvgIpc) is 2.44. The van der Waals surface area contributed by atoms with Crippen molar-refractivity contribution in [1.29, 1.82) is 0 Å². The van der Waals surface area contributed by atoms with Gasteiger partial charge in [-0.25, -0.2) is 13.2 Å². The molecule has 1 aliphatic heterocycles. The number of benzene rings is 1. The third-order valence-corrected chi connectivity index (χ3v) is 3.63. The summed E-state index contributed by atoms with van der Waals surface area (Å²) in [4.78, 5) is 1.66. The van der Waals surface area contributed by atoms with Gasteiger partial charge in [0.25, 0.3) is 0 Å². The molecule has 0 aliphatic carbocycles. The Kier molecular flexibility index (Phi) is 7.16. The zero-order valence-electron chi connectivity index (χ0n) is 12.0. The van der Waals surface area contributed by atoms with Crippen molar-refractivity contribution in [3.05, 3.63) is 35.1 Å². The molecule has 1 aromatic carbocycles. The molecule has 1 fully saturated rings. The molecule has 1 aromatic rings. The molecule has 132 valence electrons. The van der Waals surface area contributed by atoms with Gasteiger partial charge in [-0.15, -0.1) is 12.4 Å². The number of piperazine rings is 1. The van der Waals surface area contributed by atoms with Crippen molar-refractivity contribution < 1.29 is 26.3 Å². The first kappa shape index (κ1) is 20.1. The predicted octanol–water partition coefficient (Wildman–Crippen LogP) is 3.87. The Bertz CT molecular complexity index is 503. The van der Waals surface area contributed by atoms with E-state index >= 15 is 0 Å². The van der Waals surface area contributed by atoms with Crippen LogP contribution in [0.3, 0.4) is 0 Å². The fourth-order valence-corrected chi connectivity index (χ4v) is 2.63. The first-order chi connectivity index (χ1) is 10.3. The van der Waals surface area contributed by atoms with Gasteiger partial charge in [-0.1, -0.05) is 0 Å². The van der Waals surface area contributed by atoms with Gasteiger partial charge in [0.05, 0.1) is 5.56 Å². The summed E-state index contributed by atoms with van der Waals surface area (Å²) < 4.78 is 77.4. The molecule has 2 nitrogen and oxygen atoms in total. The number of alkyl halides is 5. The second-order valence-corrected chi connectivity index (χ2v) is 5.20. The van der Waals surface area contributed by atoms with Gasteiger partial charge < -0.3 is 5.32 Å². The van der Waals surface area contributed by atoms with Crippen molar-refractivity contribution >= 4 is 12.4 Å². The van der Waals surface area contributed by atoms with Gasteiger partial charge in [-0.3, -0.25) is 4.90 Å². The van der Waals surface area contributed by atoms with Crippen LogP contribution in [0.15, 0.2) is 18.2 Å². The number of nitrogens with one attached hydrogen (secondary N) is 1. The highest BCUT2D eigenvalue weighted by atomic mass is 35.5. The molecule has 1 N–H and O–H groups in total. The summed E-state index contributed by atoms with van der Waals surface area (Å²) in [6, 6.07) is 1.11. The topological polar surface area (TPSA) is 15.3 Å². The van der Waals surface area contributed by atoms with Gasteiger partial charge in [0.1, 0.15) is 5.82 Å². The molecule has 0 saturated carbocycles. The van der Waals surface area contributed by atoms with E-state index in [4.69, 9.17) is 0 Å². The smallest absolute Gasteiger partial charge is 0.314 e. The molecule has 9 heteroatoms. The summed E-state index contributed by atoms with van der Waals surface area (Å²) >= 11 is 0. The first-order valence-corrected chi connectivity index (χ1v) is 6.88. The first-order valence-electron chi connectivity index (χ1n) is 6.88. The SMILES string of the molecule is Cl.Fc1cc([C@H](CC(F)F)N2CCNCC2)cc(C(F)(F)F)c1. The molecule has 0 aromatic heterocycles. The second kappa shape index (κ2) is 8.21. The van der Waals surface area contributed by atoms with Crippen molar-refractivity contribution in [1.82, 2.24) is 10.2 Å². The number of hydrogen-bond acceptors (Lipinski definition) is 2. The molecule has 1 aliphatic rings. The van der Waals surface area contributed by atoms with E-state index in [2.05, 4.69) is 5.32 Å². The number of halogens is 7. The lowest BCUT2D eigenvalue weighted by molar-refractivity contribution is -0.137. The second-order valence-electron chi connectivity index (χ2n) is 5.20. The summed E-state index contributed by atoms with van der Waals surface area (Å²) in [7, 11) is 0. The molecule has 0 radical (unpaired) electrons. The van der Waals surface area contributed by atoms with Crippen LogP contribution < -0.4 is 5.32 Å². The quantitative estimate of drug-likeness (QED) is 0.818. The monoisotopic (exact) mass is 362 g/mol. The Hall–Kier alpha value is -0.990. The van der Waals surface area contributed by atoms with Crippen LogP contribution in [0.2, 0.25) is 0 Å². The van der Waals surface area contributed by atoms with E-state index in [0.29, 0.717) is 32.2 Å². The Labute approximate surface area is 136 Å². The number of hydrogen-bond donors (Lipinski definition) is 1. The van der Waals surface area contributed by atoms with Crippen LogP contribution >= 0.6 is 12.4 Å². The lowest BCUT2D eigenvalue weighted by Gasteiger charge is -2.35. The van der Waals surface area contributed by atoms with Crippen LogP contribution in [0.1, 0.15) is 23.6 Å². The van der Waals surface area contributed by atoms with Crippen LogP contribution in [0.5, 0.6) is 0 Å². The van der Waals surface area contributed by atoms with Gasteiger partial charge in [0, 0.05) is 38.6 Å². The van der Waals surface area contributed by atoms with E-state index in [1.54, 1.807) is 4.90 Å². The maximum absolute atomic E-state index is 13.5. The van der Waals surface area contributed by atoms with Crippen molar-refractivity contribution in [2.24, 2.45) is 0 Å². The Morgan fingerprint density at radius 2 is 1.70 bits per heavy atom. The van der Waals surface area contributed by atoms with E-state index in [1.807, 2.05) is 0 Å². The van der Waals surface area contributed by atoms with E-state index in [1.165, 1.54) is 0 Å². The normalized spacial score (nSPS) is 17.9. The molecule has 2 rings (SSSR count). The van der Waals surface area contributed by atoms with Gasteiger partial charge in [0.2, 0.25) is 6.43 Å². The summed E-state index contributed by atoms with van der Waals surface area (Å²) in [5.41, 5.74) is -1.22. The van der Waals surface area contributed by atoms with Crippen molar-refractivity contribution in [3.63, 3.8) is 0 Å². The van der Waals surface area contributed by atoms with Gasteiger partial charge in [-0.2, -0.15) is 13.2 Å². The maximum Gasteiger partial charge on any atom is 0.416 e. The molecular formula is C14H17ClF6N2. The van der Waals surface area contributed by atoms with Crippen LogP contribution in [0, 0.1) is 5.82 Å². The standard InChI is InChI=1S/C14H16F6N2.ClH/c15-11-6-9(5-10(7-11)14(18,19)20)12(8-13(16)17)22-3-1-21-2-4-22;/h5-7,12-13,21H,1-4,8H2;1H/t12-;/m0./s1. The maximum atomic E-state index is 13.5. The molecule has 0 amide bonds. The van der Waals surface area contributed by atoms with E-state index in [-0.39, 0.29) is 18.0 Å². The minimum absolute atomic E-state index is 0. The minimum atomic E-state index is -4.71. The largest absolute Gasteiger partial charge is 0.416 e. The highest BCUT2D eigenvalue weighted by Gasteiger charge is 2.33. The zero-order chi connectivity index (χ0) is 16.3. The zero-order valence-corrected chi connectivity index (χ0v) is 12.9. The summed E-state index contributed by atoms with van der Waals surface area (Å²) in [5.74, 6) is -1.07. The minimum Gasteiger partial charge on any atom is -0.314 e. The van der Waals surface area contributed by atoms with Gasteiger partial charge >= 0.3 is 6.18 Å². The van der Waals surface area contributed by atoms with Gasteiger partial charge in [-0.05, 0) is 23.8 Å². The molecule has 1 saturated heterocycles. The fraction of sp³-hybridized carbons (Fsp3) is 0.571. The molecule has 0 spiro atoms. The predicted molar refractivity (Wildman–Crippen MR) is 76.5 cm³/mol. The van der Waals surface area contributed by atoms with E-state index in [0.717, 1.165) is 12.1 Å². The van der Waals surface area contributed by atoms with Crippen molar-refractivity contribution in [3.8, 4) is 0 Å². The van der Waals surface area contributed by atoms with E-state index < -0.39 is 36.4 Å². The number of nitrogens with zero attached hydrogens (tertiary/aromatic N) is 1. The average molecular weight is 363 g/mol. The third-order valence-electron chi connectivity index (χ3n) is 3.63. The Morgan fingerprint density at radius 3 is 2.22 bits per heavy atom. The summed E-state index contributed by atoms with van der Waals surface area (Å²) in [5, 5.41) is 3.04. The Morgan fingerprint density at radius 1 is 1.09 bits per heavy atom. The Balaban J connectivity index is 0.00000264. The van der Waals surface area contributed by atoms with Crippen LogP contribution in [0.25, 0.3) is 0 Å². The highest BCUT2D eigenvalue weighted by molar-refractivity contribution is 5.85. The molecule has 23 heavy (non-hydrogen) atoms. The van der Waals surface area contributed by atoms with Crippen LogP contribution in [-0.4, -0.2) is 37.5 Å². The number of rotatable bonds is 4.